The topological polar surface area (TPSA) is 71.1 Å². The third-order valence-electron chi connectivity index (χ3n) is 6.54. The molecule has 1 aliphatic carbocycles. The van der Waals surface area contributed by atoms with Gasteiger partial charge in [0.15, 0.2) is 0 Å². The van der Waals surface area contributed by atoms with Crippen LogP contribution in [0.4, 0.5) is 11.4 Å². The van der Waals surface area contributed by atoms with Gasteiger partial charge in [-0.1, -0.05) is 42.5 Å². The van der Waals surface area contributed by atoms with Gasteiger partial charge in [-0.3, -0.25) is 19.3 Å². The van der Waals surface area contributed by atoms with E-state index in [0.29, 0.717) is 11.3 Å². The largest absolute Gasteiger partial charge is 0.380 e. The number of methoxy groups -OCH3 is 1. The molecule has 1 N–H and O–H groups in total. The number of carbonyl (C=O) groups excluding carboxylic acids is 2. The van der Waals surface area contributed by atoms with Crippen molar-refractivity contribution in [2.75, 3.05) is 37.1 Å². The van der Waals surface area contributed by atoms with Gasteiger partial charge >= 0.3 is 0 Å². The van der Waals surface area contributed by atoms with Gasteiger partial charge in [-0.25, -0.2) is 0 Å². The van der Waals surface area contributed by atoms with Crippen molar-refractivity contribution in [3.05, 3.63) is 84.4 Å². The molecule has 2 amide bonds. The molecule has 1 heterocycles. The number of nitrogens with zero attached hydrogens (tertiary/aromatic N) is 2. The molecule has 1 saturated heterocycles. The average molecular weight is 486 g/mol. The smallest absolute Gasteiger partial charge is 0.265 e. The highest BCUT2D eigenvalue weighted by Crippen LogP contribution is 2.28. The number of carbonyl (C=O) groups is 2. The van der Waals surface area contributed by atoms with Crippen molar-refractivity contribution < 1.29 is 19.2 Å². The van der Waals surface area contributed by atoms with Crippen LogP contribution < -0.4 is 10.4 Å². The molecule has 7 nitrogen and oxygen atoms in total. The van der Waals surface area contributed by atoms with Crippen molar-refractivity contribution in [1.29, 1.82) is 0 Å². The van der Waals surface area contributed by atoms with E-state index in [4.69, 9.17) is 9.57 Å². The zero-order chi connectivity index (χ0) is 24.9. The Labute approximate surface area is 211 Å². The SMILES string of the molecule is COC1CCN(CC(=O)N(OC2CC2)c2ccc(C(=O)Nc3ccc(-c4ccccc4)cc3)cc2)C1. The number of hydrogen-bond donors (Lipinski definition) is 1. The summed E-state index contributed by atoms with van der Waals surface area (Å²) >= 11 is 0. The van der Waals surface area contributed by atoms with Crippen LogP contribution in [0.5, 0.6) is 0 Å². The van der Waals surface area contributed by atoms with Gasteiger partial charge < -0.3 is 10.1 Å². The summed E-state index contributed by atoms with van der Waals surface area (Å²) in [4.78, 5) is 33.9. The zero-order valence-electron chi connectivity index (χ0n) is 20.4. The Morgan fingerprint density at radius 3 is 2.22 bits per heavy atom. The molecule has 186 valence electrons. The molecule has 0 aromatic heterocycles. The summed E-state index contributed by atoms with van der Waals surface area (Å²) in [5.41, 5.74) is 4.06. The first-order chi connectivity index (χ1) is 17.6. The lowest BCUT2D eigenvalue weighted by Gasteiger charge is -2.24. The summed E-state index contributed by atoms with van der Waals surface area (Å²) in [7, 11) is 1.70. The van der Waals surface area contributed by atoms with Gasteiger partial charge in [0.2, 0.25) is 0 Å². The predicted molar refractivity (Wildman–Crippen MR) is 140 cm³/mol. The maximum Gasteiger partial charge on any atom is 0.265 e. The molecule has 1 unspecified atom stereocenters. The van der Waals surface area contributed by atoms with Crippen molar-refractivity contribution in [3.8, 4) is 11.1 Å². The van der Waals surface area contributed by atoms with Gasteiger partial charge in [0, 0.05) is 31.5 Å². The fourth-order valence-electron chi connectivity index (χ4n) is 4.30. The van der Waals surface area contributed by atoms with Crippen molar-refractivity contribution in [1.82, 2.24) is 4.90 Å². The molecular formula is C29H31N3O4. The normalized spacial score (nSPS) is 17.6. The molecule has 2 fully saturated rings. The number of nitrogens with one attached hydrogen (secondary N) is 1. The maximum atomic E-state index is 13.1. The molecule has 3 aromatic carbocycles. The van der Waals surface area contributed by atoms with Crippen LogP contribution in [-0.4, -0.2) is 55.7 Å². The second-order valence-electron chi connectivity index (χ2n) is 9.32. The Balaban J connectivity index is 1.22. The zero-order valence-corrected chi connectivity index (χ0v) is 20.4. The molecule has 2 aliphatic rings. The molecule has 1 aliphatic heterocycles. The van der Waals surface area contributed by atoms with E-state index < -0.39 is 0 Å². The Hall–Kier alpha value is -3.52. The van der Waals surface area contributed by atoms with Crippen LogP contribution in [0.3, 0.4) is 0 Å². The van der Waals surface area contributed by atoms with Gasteiger partial charge in [0.05, 0.1) is 24.4 Å². The van der Waals surface area contributed by atoms with Crippen LogP contribution in [0.15, 0.2) is 78.9 Å². The molecule has 1 saturated carbocycles. The van der Waals surface area contributed by atoms with Crippen LogP contribution in [0.1, 0.15) is 29.6 Å². The number of hydroxylamine groups is 1. The number of ether oxygens (including phenoxy) is 1. The van der Waals surface area contributed by atoms with Crippen molar-refractivity contribution in [2.24, 2.45) is 0 Å². The Morgan fingerprint density at radius 2 is 1.58 bits per heavy atom. The lowest BCUT2D eigenvalue weighted by molar-refractivity contribution is -0.127. The van der Waals surface area contributed by atoms with Crippen molar-refractivity contribution in [2.45, 2.75) is 31.5 Å². The molecule has 0 bridgehead atoms. The standard InChI is InChI=1S/C29H31N3O4/c1-35-27-17-18-31(19-27)20-28(33)32(36-26-15-16-26)25-13-9-23(10-14-25)29(34)30-24-11-7-22(8-12-24)21-5-3-2-4-6-21/h2-14,26-27H,15-20H2,1H3,(H,30,34). The highest BCUT2D eigenvalue weighted by atomic mass is 16.7. The minimum atomic E-state index is -0.210. The fourth-order valence-corrected chi connectivity index (χ4v) is 4.30. The van der Waals surface area contributed by atoms with E-state index in [2.05, 4.69) is 22.3 Å². The van der Waals surface area contributed by atoms with Crippen LogP contribution in [0, 0.1) is 0 Å². The number of anilines is 2. The molecule has 1 atom stereocenters. The van der Waals surface area contributed by atoms with Crippen LogP contribution in [0.2, 0.25) is 0 Å². The molecule has 3 aromatic rings. The maximum absolute atomic E-state index is 13.1. The van der Waals surface area contributed by atoms with E-state index in [0.717, 1.165) is 49.2 Å². The molecule has 0 spiro atoms. The summed E-state index contributed by atoms with van der Waals surface area (Å²) < 4.78 is 5.41. The van der Waals surface area contributed by atoms with Gasteiger partial charge in [-0.15, -0.1) is 0 Å². The van der Waals surface area contributed by atoms with E-state index in [1.54, 1.807) is 31.4 Å². The first kappa shape index (κ1) is 24.2. The lowest BCUT2D eigenvalue weighted by atomic mass is 10.1. The quantitative estimate of drug-likeness (QED) is 0.443. The number of hydrogen-bond acceptors (Lipinski definition) is 5. The molecular weight excluding hydrogens is 454 g/mol. The monoisotopic (exact) mass is 485 g/mol. The molecule has 0 radical (unpaired) electrons. The summed E-state index contributed by atoms with van der Waals surface area (Å²) in [6.45, 7) is 1.84. The van der Waals surface area contributed by atoms with Gasteiger partial charge in [0.1, 0.15) is 0 Å². The third-order valence-corrected chi connectivity index (χ3v) is 6.54. The molecule has 36 heavy (non-hydrogen) atoms. The third kappa shape index (κ3) is 5.99. The first-order valence-electron chi connectivity index (χ1n) is 12.4. The van der Waals surface area contributed by atoms with E-state index in [-0.39, 0.29) is 30.6 Å². The van der Waals surface area contributed by atoms with Gasteiger partial charge in [0.25, 0.3) is 11.8 Å². The number of benzene rings is 3. The molecule has 5 rings (SSSR count). The van der Waals surface area contributed by atoms with Crippen LogP contribution >= 0.6 is 0 Å². The fraction of sp³-hybridized carbons (Fsp3) is 0.310. The van der Waals surface area contributed by atoms with E-state index in [9.17, 15) is 9.59 Å². The van der Waals surface area contributed by atoms with Gasteiger partial charge in [-0.05, 0) is 66.8 Å². The highest BCUT2D eigenvalue weighted by molar-refractivity contribution is 6.04. The Morgan fingerprint density at radius 1 is 0.889 bits per heavy atom. The van der Waals surface area contributed by atoms with Crippen LogP contribution in [-0.2, 0) is 14.4 Å². The summed E-state index contributed by atoms with van der Waals surface area (Å²) in [6.07, 6.45) is 3.06. The van der Waals surface area contributed by atoms with Crippen LogP contribution in [0.25, 0.3) is 11.1 Å². The number of likely N-dealkylation sites (tertiary alicyclic amines) is 1. The minimum Gasteiger partial charge on any atom is -0.380 e. The minimum absolute atomic E-state index is 0.0704. The average Bonchev–Trinajstić information content (AvgIpc) is 3.64. The number of rotatable bonds is 9. The van der Waals surface area contributed by atoms with E-state index in [1.807, 2.05) is 42.5 Å². The Kier molecular flexibility index (Phi) is 7.41. The second kappa shape index (κ2) is 11.0. The summed E-state index contributed by atoms with van der Waals surface area (Å²) in [6, 6.07) is 24.8. The predicted octanol–water partition coefficient (Wildman–Crippen LogP) is 4.75. The summed E-state index contributed by atoms with van der Waals surface area (Å²) in [5, 5.41) is 4.33. The van der Waals surface area contributed by atoms with E-state index >= 15 is 0 Å². The van der Waals surface area contributed by atoms with Gasteiger partial charge in [-0.2, -0.15) is 5.06 Å². The highest BCUT2D eigenvalue weighted by Gasteiger charge is 2.31. The van der Waals surface area contributed by atoms with Crippen molar-refractivity contribution in [3.63, 3.8) is 0 Å². The Bertz CT molecular complexity index is 1180. The van der Waals surface area contributed by atoms with Crippen molar-refractivity contribution >= 4 is 23.2 Å². The lowest BCUT2D eigenvalue weighted by Crippen LogP contribution is -2.40. The summed E-state index contributed by atoms with van der Waals surface area (Å²) in [5.74, 6) is -0.327. The van der Waals surface area contributed by atoms with E-state index in [1.165, 1.54) is 5.06 Å². The first-order valence-corrected chi connectivity index (χ1v) is 12.4. The number of amides is 2. The molecule has 7 heteroatoms. The second-order valence-corrected chi connectivity index (χ2v) is 9.32.